The molecular weight excluding hydrogens is 216 g/mol. The molecule has 0 aliphatic carbocycles. The number of hydrogen-bond acceptors (Lipinski definition) is 3. The van der Waals surface area contributed by atoms with E-state index in [0.717, 1.165) is 0 Å². The topological polar surface area (TPSA) is 0 Å². The van der Waals surface area contributed by atoms with Gasteiger partial charge in [-0.25, -0.2) is 0 Å². The predicted molar refractivity (Wildman–Crippen MR) is 63.3 cm³/mol. The Kier molecular flexibility index (Phi) is 1.96. The molecule has 3 rings (SSSR count). The van der Waals surface area contributed by atoms with E-state index in [1.54, 1.807) is 0 Å². The molecule has 1 heterocycles. The fraction of sp³-hybridized carbons (Fsp3) is 0. The maximum Gasteiger partial charge on any atom is 0.0414 e. The molecule has 0 atom stereocenters. The summed E-state index contributed by atoms with van der Waals surface area (Å²) in [5.74, 6) is 0. The third kappa shape index (κ3) is 1.26. The van der Waals surface area contributed by atoms with Gasteiger partial charge in [0.1, 0.15) is 0 Å². The van der Waals surface area contributed by atoms with Crippen molar-refractivity contribution in [3.8, 4) is 0 Å². The molecule has 0 aromatic heterocycles. The molecule has 0 radical (unpaired) electrons. The zero-order valence-electron chi connectivity index (χ0n) is 6.69. The molecule has 2 aromatic rings. The lowest BCUT2D eigenvalue weighted by atomic mass is 10.1. The van der Waals surface area contributed by atoms with Gasteiger partial charge in [-0.3, -0.25) is 0 Å². The van der Waals surface area contributed by atoms with E-state index >= 15 is 0 Å². The second kappa shape index (κ2) is 3.15. The third-order valence-electron chi connectivity index (χ3n) is 2.08. The molecule has 0 unspecified atom stereocenters. The van der Waals surface area contributed by atoms with Crippen molar-refractivity contribution in [3.05, 3.63) is 36.4 Å². The number of fused-ring (bicyclic) bond motifs is 3. The average molecular weight is 222 g/mol. The van der Waals surface area contributed by atoms with E-state index in [-0.39, 0.29) is 0 Å². The van der Waals surface area contributed by atoms with Crippen molar-refractivity contribution < 1.29 is 0 Å². The first kappa shape index (κ1) is 8.09. The van der Waals surface area contributed by atoms with Crippen molar-refractivity contribution in [1.29, 1.82) is 0 Å². The average Bonchev–Trinajstić information content (AvgIpc) is 2.65. The van der Waals surface area contributed by atoms with Crippen LogP contribution >= 0.6 is 31.4 Å². The van der Waals surface area contributed by atoms with Gasteiger partial charge in [0.2, 0.25) is 0 Å². The van der Waals surface area contributed by atoms with E-state index in [4.69, 9.17) is 0 Å². The van der Waals surface area contributed by atoms with Crippen molar-refractivity contribution in [1.82, 2.24) is 0 Å². The predicted octanol–water partition coefficient (Wildman–Crippen LogP) is 4.60. The van der Waals surface area contributed by atoms with Crippen LogP contribution in [0.1, 0.15) is 0 Å². The van der Waals surface area contributed by atoms with Gasteiger partial charge in [-0.1, -0.05) is 30.3 Å². The van der Waals surface area contributed by atoms with Crippen molar-refractivity contribution in [2.24, 2.45) is 0 Å². The van der Waals surface area contributed by atoms with Crippen LogP contribution in [0.3, 0.4) is 0 Å². The van der Waals surface area contributed by atoms with Gasteiger partial charge < -0.3 is 0 Å². The summed E-state index contributed by atoms with van der Waals surface area (Å²) in [5, 5.41) is 2.74. The largest absolute Gasteiger partial charge is 0.0616 e. The van der Waals surface area contributed by atoms with Crippen LogP contribution in [0.15, 0.2) is 46.2 Å². The highest BCUT2D eigenvalue weighted by molar-refractivity contribution is 9.10. The van der Waals surface area contributed by atoms with E-state index in [2.05, 4.69) is 36.4 Å². The maximum atomic E-state index is 2.22. The second-order valence-corrected chi connectivity index (χ2v) is 6.80. The zero-order valence-corrected chi connectivity index (χ0v) is 9.14. The van der Waals surface area contributed by atoms with Crippen molar-refractivity contribution in [2.75, 3.05) is 0 Å². The molecular formula is C10H6S3. The number of rotatable bonds is 0. The molecule has 2 aromatic carbocycles. The Morgan fingerprint density at radius 2 is 1.77 bits per heavy atom. The summed E-state index contributed by atoms with van der Waals surface area (Å²) < 4.78 is 0. The minimum absolute atomic E-state index is 1.34. The molecule has 0 fully saturated rings. The van der Waals surface area contributed by atoms with Crippen LogP contribution in [-0.2, 0) is 0 Å². The fourth-order valence-electron chi connectivity index (χ4n) is 1.46. The summed E-state index contributed by atoms with van der Waals surface area (Å²) in [6, 6.07) is 13.0. The van der Waals surface area contributed by atoms with Crippen LogP contribution in [0.5, 0.6) is 0 Å². The SMILES string of the molecule is c1ccc2c3c(ccc2c1)SSS3. The van der Waals surface area contributed by atoms with Crippen LogP contribution in [0.25, 0.3) is 10.8 Å². The van der Waals surface area contributed by atoms with Crippen LogP contribution in [0, 0.1) is 0 Å². The maximum absolute atomic E-state index is 2.22. The van der Waals surface area contributed by atoms with Crippen molar-refractivity contribution in [2.45, 2.75) is 9.79 Å². The highest BCUT2D eigenvalue weighted by atomic mass is 33.5. The molecule has 64 valence electrons. The van der Waals surface area contributed by atoms with E-state index in [0.29, 0.717) is 0 Å². The standard InChI is InChI=1S/C10H6S3/c1-2-4-8-7(3-1)5-6-9-10(8)12-13-11-9/h1-6H. The Morgan fingerprint density at radius 3 is 2.77 bits per heavy atom. The molecule has 0 saturated carbocycles. The smallest absolute Gasteiger partial charge is 0.0414 e. The molecule has 1 aliphatic rings. The van der Waals surface area contributed by atoms with Crippen molar-refractivity contribution >= 4 is 42.2 Å². The number of benzene rings is 2. The first-order valence-corrected chi connectivity index (χ1v) is 7.46. The molecule has 0 amide bonds. The Labute approximate surface area is 88.3 Å². The van der Waals surface area contributed by atoms with E-state index in [1.165, 1.54) is 20.6 Å². The minimum atomic E-state index is 1.34. The molecule has 1 aliphatic heterocycles. The summed E-state index contributed by atoms with van der Waals surface area (Å²) in [4.78, 5) is 2.85. The Hall–Kier alpha value is -0.250. The monoisotopic (exact) mass is 222 g/mol. The molecule has 0 nitrogen and oxygen atoms in total. The summed E-state index contributed by atoms with van der Waals surface area (Å²) in [6.45, 7) is 0. The Bertz CT molecular complexity index is 465. The first-order chi connectivity index (χ1) is 6.45. The van der Waals surface area contributed by atoms with Gasteiger partial charge >= 0.3 is 0 Å². The molecule has 0 saturated heterocycles. The summed E-state index contributed by atoms with van der Waals surface area (Å²) in [7, 11) is 5.59. The quantitative estimate of drug-likeness (QED) is 0.598. The van der Waals surface area contributed by atoms with E-state index < -0.39 is 0 Å². The van der Waals surface area contributed by atoms with Gasteiger partial charge in [0.25, 0.3) is 0 Å². The first-order valence-electron chi connectivity index (χ1n) is 3.98. The summed E-state index contributed by atoms with van der Waals surface area (Å²) in [5.41, 5.74) is 0. The van der Waals surface area contributed by atoms with Crippen LogP contribution < -0.4 is 0 Å². The number of hydrogen-bond donors (Lipinski definition) is 0. The lowest BCUT2D eigenvalue weighted by molar-refractivity contribution is 1.32. The lowest BCUT2D eigenvalue weighted by Crippen LogP contribution is -1.75. The Balaban J connectivity index is 2.43. The Morgan fingerprint density at radius 1 is 0.846 bits per heavy atom. The minimum Gasteiger partial charge on any atom is -0.0616 e. The molecule has 0 spiro atoms. The van der Waals surface area contributed by atoms with E-state index in [9.17, 15) is 0 Å². The van der Waals surface area contributed by atoms with Gasteiger partial charge in [0, 0.05) is 9.79 Å². The van der Waals surface area contributed by atoms with Crippen LogP contribution in [-0.4, -0.2) is 0 Å². The second-order valence-electron chi connectivity index (χ2n) is 2.85. The molecule has 0 bridgehead atoms. The highest BCUT2D eigenvalue weighted by Gasteiger charge is 2.15. The molecule has 3 heteroatoms. The fourth-order valence-corrected chi connectivity index (χ4v) is 6.00. The summed E-state index contributed by atoms with van der Waals surface area (Å²) in [6.07, 6.45) is 0. The van der Waals surface area contributed by atoms with Gasteiger partial charge in [0.15, 0.2) is 0 Å². The van der Waals surface area contributed by atoms with Gasteiger partial charge in [-0.05, 0) is 48.3 Å². The molecule has 0 N–H and O–H groups in total. The van der Waals surface area contributed by atoms with Crippen LogP contribution in [0.2, 0.25) is 0 Å². The van der Waals surface area contributed by atoms with Crippen LogP contribution in [0.4, 0.5) is 0 Å². The normalized spacial score (nSPS) is 14.8. The highest BCUT2D eigenvalue weighted by Crippen LogP contribution is 2.57. The third-order valence-corrected chi connectivity index (χ3v) is 6.15. The molecule has 13 heavy (non-hydrogen) atoms. The van der Waals surface area contributed by atoms with Gasteiger partial charge in [-0.15, -0.1) is 0 Å². The lowest BCUT2D eigenvalue weighted by Gasteiger charge is -2.01. The zero-order chi connectivity index (χ0) is 8.67. The summed E-state index contributed by atoms with van der Waals surface area (Å²) >= 11 is 0. The van der Waals surface area contributed by atoms with Crippen molar-refractivity contribution in [3.63, 3.8) is 0 Å². The van der Waals surface area contributed by atoms with E-state index in [1.807, 2.05) is 31.4 Å². The van der Waals surface area contributed by atoms with Gasteiger partial charge in [-0.2, -0.15) is 0 Å². The van der Waals surface area contributed by atoms with Gasteiger partial charge in [0.05, 0.1) is 0 Å².